The smallest absolute Gasteiger partial charge is 0.243 e. The number of amides is 1. The Morgan fingerprint density at radius 1 is 1.21 bits per heavy atom. The van der Waals surface area contributed by atoms with Gasteiger partial charge in [-0.3, -0.25) is 9.69 Å². The number of nitrogens with zero attached hydrogens (tertiary/aromatic N) is 4. The molecule has 0 aromatic rings. The van der Waals surface area contributed by atoms with Gasteiger partial charge in [-0.1, -0.05) is 13.8 Å². The molecule has 0 radical (unpaired) electrons. The van der Waals surface area contributed by atoms with Gasteiger partial charge >= 0.3 is 0 Å². The van der Waals surface area contributed by atoms with E-state index in [0.29, 0.717) is 38.1 Å². The molecule has 0 bridgehead atoms. The number of carbonyl (C=O) groups is 1. The van der Waals surface area contributed by atoms with Gasteiger partial charge in [0, 0.05) is 46.3 Å². The van der Waals surface area contributed by atoms with Crippen molar-refractivity contribution in [2.24, 2.45) is 4.99 Å². The fourth-order valence-electron chi connectivity index (χ4n) is 3.80. The van der Waals surface area contributed by atoms with Gasteiger partial charge in [0.2, 0.25) is 15.9 Å². The summed E-state index contributed by atoms with van der Waals surface area (Å²) in [6, 6.07) is 0.448. The van der Waals surface area contributed by atoms with Crippen LogP contribution < -0.4 is 10.0 Å². The average molecular weight is 545 g/mol. The van der Waals surface area contributed by atoms with Crippen molar-refractivity contribution in [2.75, 3.05) is 59.9 Å². The summed E-state index contributed by atoms with van der Waals surface area (Å²) in [7, 11) is 0.0893. The lowest BCUT2D eigenvalue weighted by Crippen LogP contribution is -2.47. The third kappa shape index (κ3) is 7.51. The number of rotatable bonds is 8. The highest BCUT2D eigenvalue weighted by Crippen LogP contribution is 2.18. The SMILES string of the molecule is CCNS(=O)(=O)C1CCN(C(=NCC(=O)N(C)C)NCC2CCCN2CC)C1.I. The standard InChI is InChI=1S/C18H36N6O3S.HI/c1-5-21-28(26,27)16-9-11-24(14-16)18(20-13-17(25)22(3)4)19-12-15-8-7-10-23(15)6-2;/h15-16,21H,5-14H2,1-4H3,(H,19,20);1H. The summed E-state index contributed by atoms with van der Waals surface area (Å²) in [6.45, 7) is 8.28. The molecule has 2 heterocycles. The molecule has 2 fully saturated rings. The fraction of sp³-hybridized carbons (Fsp3) is 0.889. The highest BCUT2D eigenvalue weighted by Gasteiger charge is 2.34. The quantitative estimate of drug-likeness (QED) is 0.256. The second-order valence-corrected chi connectivity index (χ2v) is 9.68. The summed E-state index contributed by atoms with van der Waals surface area (Å²) in [5.41, 5.74) is 0. The predicted octanol–water partition coefficient (Wildman–Crippen LogP) is 0.136. The predicted molar refractivity (Wildman–Crippen MR) is 127 cm³/mol. The summed E-state index contributed by atoms with van der Waals surface area (Å²) in [4.78, 5) is 22.4. The van der Waals surface area contributed by atoms with Crippen LogP contribution in [-0.4, -0.2) is 106 Å². The van der Waals surface area contributed by atoms with Gasteiger partial charge in [0.1, 0.15) is 6.54 Å². The number of guanidine groups is 1. The maximum atomic E-state index is 12.3. The number of hydrogen-bond donors (Lipinski definition) is 2. The monoisotopic (exact) mass is 544 g/mol. The number of nitrogens with one attached hydrogen (secondary N) is 2. The zero-order chi connectivity index (χ0) is 20.7. The molecular formula is C18H37IN6O3S. The van der Waals surface area contributed by atoms with Gasteiger partial charge < -0.3 is 15.1 Å². The van der Waals surface area contributed by atoms with Gasteiger partial charge in [-0.2, -0.15) is 0 Å². The van der Waals surface area contributed by atoms with E-state index in [1.165, 1.54) is 11.3 Å². The summed E-state index contributed by atoms with van der Waals surface area (Å²) in [5.74, 6) is 0.554. The topological polar surface area (TPSA) is 97.3 Å². The Kier molecular flexibility index (Phi) is 11.1. The lowest BCUT2D eigenvalue weighted by Gasteiger charge is -2.27. The number of likely N-dealkylation sites (N-methyl/N-ethyl adjacent to an activating group) is 2. The number of sulfonamides is 1. The largest absolute Gasteiger partial charge is 0.355 e. The van der Waals surface area contributed by atoms with Crippen molar-refractivity contribution in [3.63, 3.8) is 0 Å². The first-order valence-electron chi connectivity index (χ1n) is 10.2. The summed E-state index contributed by atoms with van der Waals surface area (Å²) < 4.78 is 27.3. The molecule has 0 aliphatic carbocycles. The van der Waals surface area contributed by atoms with E-state index in [4.69, 9.17) is 0 Å². The Morgan fingerprint density at radius 2 is 1.93 bits per heavy atom. The molecule has 2 unspecified atom stereocenters. The first-order valence-corrected chi connectivity index (χ1v) is 11.8. The average Bonchev–Trinajstić information content (AvgIpc) is 3.31. The number of likely N-dealkylation sites (tertiary alicyclic amines) is 2. The summed E-state index contributed by atoms with van der Waals surface area (Å²) in [6.07, 6.45) is 2.89. The molecule has 0 saturated carbocycles. The molecule has 2 N–H and O–H groups in total. The second kappa shape index (κ2) is 12.3. The molecule has 2 aliphatic heterocycles. The molecule has 29 heavy (non-hydrogen) atoms. The zero-order valence-corrected chi connectivity index (χ0v) is 21.2. The Bertz CT molecular complexity index is 658. The first-order chi connectivity index (χ1) is 13.3. The highest BCUT2D eigenvalue weighted by molar-refractivity contribution is 14.0. The number of aliphatic imine (C=N–C) groups is 1. The Balaban J connectivity index is 0.00000420. The molecule has 2 aliphatic rings. The minimum atomic E-state index is -3.32. The van der Waals surface area contributed by atoms with Crippen molar-refractivity contribution in [3.05, 3.63) is 0 Å². The first kappa shape index (κ1) is 26.4. The van der Waals surface area contributed by atoms with Crippen molar-refractivity contribution in [2.45, 2.75) is 44.4 Å². The van der Waals surface area contributed by atoms with Gasteiger partial charge in [-0.15, -0.1) is 24.0 Å². The molecule has 170 valence electrons. The maximum Gasteiger partial charge on any atom is 0.243 e. The van der Waals surface area contributed by atoms with Crippen LogP contribution in [0.5, 0.6) is 0 Å². The number of carbonyl (C=O) groups excluding carboxylic acids is 1. The van der Waals surface area contributed by atoms with Gasteiger partial charge in [-0.05, 0) is 32.4 Å². The fourth-order valence-corrected chi connectivity index (χ4v) is 5.23. The summed E-state index contributed by atoms with van der Waals surface area (Å²) >= 11 is 0. The van der Waals surface area contributed by atoms with Crippen LogP contribution in [-0.2, 0) is 14.8 Å². The normalized spacial score (nSPS) is 23.2. The third-order valence-corrected chi connectivity index (χ3v) is 7.45. The second-order valence-electron chi connectivity index (χ2n) is 7.63. The van der Waals surface area contributed by atoms with Crippen LogP contribution in [0.25, 0.3) is 0 Å². The van der Waals surface area contributed by atoms with Crippen LogP contribution in [0.4, 0.5) is 0 Å². The minimum Gasteiger partial charge on any atom is -0.355 e. The van der Waals surface area contributed by atoms with Crippen molar-refractivity contribution in [3.8, 4) is 0 Å². The molecule has 11 heteroatoms. The zero-order valence-electron chi connectivity index (χ0n) is 18.1. The maximum absolute atomic E-state index is 12.3. The van der Waals surface area contributed by atoms with E-state index in [0.717, 1.165) is 26.1 Å². The van der Waals surface area contributed by atoms with Crippen LogP contribution in [0.1, 0.15) is 33.1 Å². The van der Waals surface area contributed by atoms with E-state index >= 15 is 0 Å². The van der Waals surface area contributed by atoms with Crippen molar-refractivity contribution >= 4 is 45.9 Å². The van der Waals surface area contributed by atoms with E-state index in [-0.39, 0.29) is 36.4 Å². The lowest BCUT2D eigenvalue weighted by atomic mass is 10.2. The molecule has 9 nitrogen and oxygen atoms in total. The molecule has 0 aromatic heterocycles. The van der Waals surface area contributed by atoms with Crippen molar-refractivity contribution in [1.82, 2.24) is 24.7 Å². The van der Waals surface area contributed by atoms with E-state index in [2.05, 4.69) is 26.9 Å². The Labute approximate surface area is 192 Å². The van der Waals surface area contributed by atoms with E-state index in [1.807, 2.05) is 4.90 Å². The highest BCUT2D eigenvalue weighted by atomic mass is 127. The number of halogens is 1. The molecule has 2 rings (SSSR count). The Morgan fingerprint density at radius 3 is 2.55 bits per heavy atom. The molecule has 0 aromatic carbocycles. The molecule has 1 amide bonds. The molecule has 0 spiro atoms. The van der Waals surface area contributed by atoms with Gasteiger partial charge in [0.05, 0.1) is 5.25 Å². The van der Waals surface area contributed by atoms with E-state index < -0.39 is 15.3 Å². The third-order valence-electron chi connectivity index (χ3n) is 5.49. The van der Waals surface area contributed by atoms with Crippen LogP contribution in [0.3, 0.4) is 0 Å². The van der Waals surface area contributed by atoms with Gasteiger partial charge in [0.25, 0.3) is 0 Å². The number of hydrogen-bond acceptors (Lipinski definition) is 5. The minimum absolute atomic E-state index is 0. The van der Waals surface area contributed by atoms with E-state index in [1.54, 1.807) is 21.0 Å². The lowest BCUT2D eigenvalue weighted by molar-refractivity contribution is -0.127. The van der Waals surface area contributed by atoms with Crippen LogP contribution >= 0.6 is 24.0 Å². The van der Waals surface area contributed by atoms with Gasteiger partial charge in [-0.25, -0.2) is 18.1 Å². The molecule has 2 saturated heterocycles. The van der Waals surface area contributed by atoms with Crippen LogP contribution in [0.2, 0.25) is 0 Å². The van der Waals surface area contributed by atoms with Crippen LogP contribution in [0, 0.1) is 0 Å². The van der Waals surface area contributed by atoms with Crippen molar-refractivity contribution in [1.29, 1.82) is 0 Å². The molecular weight excluding hydrogens is 507 g/mol. The van der Waals surface area contributed by atoms with Crippen LogP contribution in [0.15, 0.2) is 4.99 Å². The Hall–Kier alpha value is -0.660. The van der Waals surface area contributed by atoms with Gasteiger partial charge in [0.15, 0.2) is 5.96 Å². The molecule has 2 atom stereocenters. The summed E-state index contributed by atoms with van der Waals surface area (Å²) in [5, 5.41) is 2.96. The van der Waals surface area contributed by atoms with E-state index in [9.17, 15) is 13.2 Å². The van der Waals surface area contributed by atoms with Crippen molar-refractivity contribution < 1.29 is 13.2 Å².